The summed E-state index contributed by atoms with van der Waals surface area (Å²) in [4.78, 5) is 0. The molecule has 1 nitrogen and oxygen atoms in total. The summed E-state index contributed by atoms with van der Waals surface area (Å²) in [6.07, 6.45) is 1.10. The number of hydrogen-bond acceptors (Lipinski definition) is 1. The van der Waals surface area contributed by atoms with E-state index in [0.717, 1.165) is 6.42 Å². The van der Waals surface area contributed by atoms with Gasteiger partial charge in [-0.15, -0.1) is 0 Å². The van der Waals surface area contributed by atoms with Gasteiger partial charge in [0.15, 0.2) is 0 Å². The largest absolute Gasteiger partial charge is 0.396 e. The summed E-state index contributed by atoms with van der Waals surface area (Å²) in [5.41, 5.74) is 2.96. The zero-order valence-electron chi connectivity index (χ0n) is 7.02. The molecule has 1 rings (SSSR count). The summed E-state index contributed by atoms with van der Waals surface area (Å²) < 4.78 is 0. The molecule has 1 heteroatoms. The number of aliphatic hydroxyl groups excluding tert-OH is 1. The molecule has 1 aliphatic rings. The molecule has 0 heterocycles. The van der Waals surface area contributed by atoms with E-state index in [-0.39, 0.29) is 0 Å². The Morgan fingerprint density at radius 2 is 2.10 bits per heavy atom. The molecule has 0 saturated heterocycles. The number of rotatable bonds is 1. The third-order valence-electron chi connectivity index (χ3n) is 2.87. The average molecular weight is 140 g/mol. The molecular formula is C9H16O. The van der Waals surface area contributed by atoms with Crippen LogP contribution >= 0.6 is 0 Å². The van der Waals surface area contributed by atoms with E-state index in [1.165, 1.54) is 11.1 Å². The highest BCUT2D eigenvalue weighted by molar-refractivity contribution is 5.20. The maximum Gasteiger partial charge on any atom is 0.0467 e. The molecule has 58 valence electrons. The van der Waals surface area contributed by atoms with E-state index in [1.807, 2.05) is 0 Å². The van der Waals surface area contributed by atoms with Crippen LogP contribution < -0.4 is 0 Å². The standard InChI is InChI=1S/C9H16O/c1-6-4-9(5-10)8(3)7(6)2/h8-10H,4-5H2,1-3H3. The Bertz CT molecular complexity index is 158. The Balaban J connectivity index is 2.67. The summed E-state index contributed by atoms with van der Waals surface area (Å²) in [6, 6.07) is 0. The molecule has 0 saturated carbocycles. The lowest BCUT2D eigenvalue weighted by atomic mass is 9.95. The maximum absolute atomic E-state index is 8.95. The Morgan fingerprint density at radius 3 is 2.30 bits per heavy atom. The highest BCUT2D eigenvalue weighted by atomic mass is 16.3. The first-order chi connectivity index (χ1) is 4.66. The van der Waals surface area contributed by atoms with Crippen LogP contribution in [0.25, 0.3) is 0 Å². The molecule has 0 aromatic carbocycles. The van der Waals surface area contributed by atoms with Crippen molar-refractivity contribution in [3.63, 3.8) is 0 Å². The molecule has 0 aliphatic heterocycles. The van der Waals surface area contributed by atoms with Gasteiger partial charge in [0.2, 0.25) is 0 Å². The van der Waals surface area contributed by atoms with Crippen molar-refractivity contribution in [2.75, 3.05) is 6.61 Å². The van der Waals surface area contributed by atoms with E-state index < -0.39 is 0 Å². The van der Waals surface area contributed by atoms with Gasteiger partial charge >= 0.3 is 0 Å². The minimum Gasteiger partial charge on any atom is -0.396 e. The first kappa shape index (κ1) is 7.80. The zero-order valence-corrected chi connectivity index (χ0v) is 7.02. The van der Waals surface area contributed by atoms with E-state index in [4.69, 9.17) is 5.11 Å². The molecule has 10 heavy (non-hydrogen) atoms. The fourth-order valence-corrected chi connectivity index (χ4v) is 1.70. The van der Waals surface area contributed by atoms with Crippen molar-refractivity contribution in [3.8, 4) is 0 Å². The second-order valence-corrected chi connectivity index (χ2v) is 3.40. The Morgan fingerprint density at radius 1 is 1.50 bits per heavy atom. The third-order valence-corrected chi connectivity index (χ3v) is 2.87. The van der Waals surface area contributed by atoms with Gasteiger partial charge in [-0.3, -0.25) is 0 Å². The summed E-state index contributed by atoms with van der Waals surface area (Å²) in [5, 5.41) is 8.95. The highest BCUT2D eigenvalue weighted by Crippen LogP contribution is 2.35. The van der Waals surface area contributed by atoms with Crippen LogP contribution in [0, 0.1) is 11.8 Å². The average Bonchev–Trinajstić information content (AvgIpc) is 2.17. The Kier molecular flexibility index (Phi) is 2.14. The highest BCUT2D eigenvalue weighted by Gasteiger charge is 2.25. The normalized spacial score (nSPS) is 33.6. The molecule has 0 amide bonds. The van der Waals surface area contributed by atoms with Gasteiger partial charge < -0.3 is 5.11 Å². The molecule has 1 aliphatic carbocycles. The van der Waals surface area contributed by atoms with Gasteiger partial charge in [0.05, 0.1) is 0 Å². The van der Waals surface area contributed by atoms with Crippen LogP contribution in [0.1, 0.15) is 27.2 Å². The summed E-state index contributed by atoms with van der Waals surface area (Å²) in [6.45, 7) is 6.89. The van der Waals surface area contributed by atoms with Crippen LogP contribution in [0.3, 0.4) is 0 Å². The minimum atomic E-state index is 0.343. The second kappa shape index (κ2) is 2.75. The number of hydrogen-bond donors (Lipinski definition) is 1. The quantitative estimate of drug-likeness (QED) is 0.552. The predicted molar refractivity (Wildman–Crippen MR) is 42.7 cm³/mol. The molecule has 0 fully saturated rings. The third kappa shape index (κ3) is 1.10. The van der Waals surface area contributed by atoms with Gasteiger partial charge in [0.1, 0.15) is 0 Å². The van der Waals surface area contributed by atoms with Gasteiger partial charge in [0, 0.05) is 6.61 Å². The fourth-order valence-electron chi connectivity index (χ4n) is 1.70. The number of allylic oxidation sites excluding steroid dienone is 2. The van der Waals surface area contributed by atoms with Crippen LogP contribution in [0.15, 0.2) is 11.1 Å². The van der Waals surface area contributed by atoms with E-state index in [1.54, 1.807) is 0 Å². The van der Waals surface area contributed by atoms with Gasteiger partial charge in [0.25, 0.3) is 0 Å². The molecular weight excluding hydrogens is 124 g/mol. The van der Waals surface area contributed by atoms with Gasteiger partial charge in [-0.1, -0.05) is 18.1 Å². The van der Waals surface area contributed by atoms with Gasteiger partial charge in [-0.25, -0.2) is 0 Å². The fraction of sp³-hybridized carbons (Fsp3) is 0.778. The van der Waals surface area contributed by atoms with Crippen molar-refractivity contribution in [3.05, 3.63) is 11.1 Å². The van der Waals surface area contributed by atoms with Crippen molar-refractivity contribution in [1.29, 1.82) is 0 Å². The monoisotopic (exact) mass is 140 g/mol. The van der Waals surface area contributed by atoms with Crippen LogP contribution in [-0.2, 0) is 0 Å². The molecule has 0 aromatic rings. The van der Waals surface area contributed by atoms with Gasteiger partial charge in [-0.05, 0) is 32.1 Å². The van der Waals surface area contributed by atoms with Crippen molar-refractivity contribution >= 4 is 0 Å². The van der Waals surface area contributed by atoms with Crippen molar-refractivity contribution in [2.45, 2.75) is 27.2 Å². The van der Waals surface area contributed by atoms with E-state index in [9.17, 15) is 0 Å². The molecule has 0 radical (unpaired) electrons. The lowest BCUT2D eigenvalue weighted by Gasteiger charge is -2.12. The van der Waals surface area contributed by atoms with Crippen LogP contribution in [0.5, 0.6) is 0 Å². The Labute approximate surface area is 62.8 Å². The lowest BCUT2D eigenvalue weighted by Crippen LogP contribution is -2.10. The Hall–Kier alpha value is -0.300. The smallest absolute Gasteiger partial charge is 0.0467 e. The van der Waals surface area contributed by atoms with Crippen molar-refractivity contribution in [1.82, 2.24) is 0 Å². The first-order valence-electron chi connectivity index (χ1n) is 3.94. The van der Waals surface area contributed by atoms with E-state index in [0.29, 0.717) is 18.4 Å². The molecule has 0 bridgehead atoms. The number of aliphatic hydroxyl groups is 1. The van der Waals surface area contributed by atoms with Crippen LogP contribution in [-0.4, -0.2) is 11.7 Å². The second-order valence-electron chi connectivity index (χ2n) is 3.40. The first-order valence-corrected chi connectivity index (χ1v) is 3.94. The minimum absolute atomic E-state index is 0.343. The lowest BCUT2D eigenvalue weighted by molar-refractivity contribution is 0.205. The zero-order chi connectivity index (χ0) is 7.72. The summed E-state index contributed by atoms with van der Waals surface area (Å²) in [7, 11) is 0. The molecule has 1 N–H and O–H groups in total. The molecule has 2 unspecified atom stereocenters. The summed E-state index contributed by atoms with van der Waals surface area (Å²) >= 11 is 0. The van der Waals surface area contributed by atoms with Crippen LogP contribution in [0.2, 0.25) is 0 Å². The summed E-state index contributed by atoms with van der Waals surface area (Å²) in [5.74, 6) is 1.10. The van der Waals surface area contributed by atoms with Crippen molar-refractivity contribution in [2.24, 2.45) is 11.8 Å². The van der Waals surface area contributed by atoms with Crippen molar-refractivity contribution < 1.29 is 5.11 Å². The van der Waals surface area contributed by atoms with Gasteiger partial charge in [-0.2, -0.15) is 0 Å². The SMILES string of the molecule is CC1=C(C)C(C)C(CO)C1. The van der Waals surface area contributed by atoms with E-state index in [2.05, 4.69) is 20.8 Å². The molecule has 2 atom stereocenters. The molecule has 0 spiro atoms. The van der Waals surface area contributed by atoms with Crippen LogP contribution in [0.4, 0.5) is 0 Å². The van der Waals surface area contributed by atoms with E-state index >= 15 is 0 Å². The predicted octanol–water partition coefficient (Wildman–Crippen LogP) is 1.97. The maximum atomic E-state index is 8.95. The molecule has 0 aromatic heterocycles. The topological polar surface area (TPSA) is 20.2 Å².